The monoisotopic (exact) mass is 438 g/mol. The van der Waals surface area contributed by atoms with Crippen molar-refractivity contribution in [2.45, 2.75) is 13.8 Å². The van der Waals surface area contributed by atoms with E-state index in [0.717, 1.165) is 22.4 Å². The Labute approximate surface area is 191 Å². The van der Waals surface area contributed by atoms with Crippen LogP contribution >= 0.6 is 0 Å². The minimum atomic E-state index is -0.296. The largest absolute Gasteiger partial charge is 0.482 e. The van der Waals surface area contributed by atoms with E-state index >= 15 is 0 Å². The van der Waals surface area contributed by atoms with E-state index in [1.54, 1.807) is 29.1 Å². The van der Waals surface area contributed by atoms with Crippen molar-refractivity contribution >= 4 is 23.2 Å². The van der Waals surface area contributed by atoms with Gasteiger partial charge in [-0.15, -0.1) is 0 Å². The van der Waals surface area contributed by atoms with Crippen LogP contribution in [0.25, 0.3) is 16.9 Å². The van der Waals surface area contributed by atoms with Gasteiger partial charge < -0.3 is 15.4 Å². The molecule has 0 atom stereocenters. The normalized spacial score (nSPS) is 12.5. The first-order chi connectivity index (χ1) is 16.0. The molecular formula is C26H22N4O3. The van der Waals surface area contributed by atoms with E-state index in [1.165, 1.54) is 0 Å². The van der Waals surface area contributed by atoms with Crippen molar-refractivity contribution in [3.05, 3.63) is 89.6 Å². The minimum Gasteiger partial charge on any atom is -0.482 e. The molecule has 0 fully saturated rings. The van der Waals surface area contributed by atoms with Crippen LogP contribution in [0.4, 0.5) is 11.4 Å². The van der Waals surface area contributed by atoms with E-state index in [4.69, 9.17) is 9.84 Å². The van der Waals surface area contributed by atoms with Crippen LogP contribution in [0.2, 0.25) is 0 Å². The van der Waals surface area contributed by atoms with Crippen LogP contribution in [0.1, 0.15) is 21.5 Å². The lowest BCUT2D eigenvalue weighted by atomic mass is 10.0. The van der Waals surface area contributed by atoms with Crippen LogP contribution in [-0.4, -0.2) is 28.2 Å². The molecule has 0 aliphatic carbocycles. The summed E-state index contributed by atoms with van der Waals surface area (Å²) in [6.45, 7) is 4.03. The van der Waals surface area contributed by atoms with Gasteiger partial charge in [-0.1, -0.05) is 42.0 Å². The van der Waals surface area contributed by atoms with E-state index in [2.05, 4.69) is 16.7 Å². The zero-order valence-corrected chi connectivity index (χ0v) is 18.3. The Balaban J connectivity index is 1.53. The van der Waals surface area contributed by atoms with Gasteiger partial charge in [-0.25, -0.2) is 4.68 Å². The van der Waals surface area contributed by atoms with Crippen LogP contribution in [-0.2, 0) is 4.79 Å². The number of nitrogens with zero attached hydrogens (tertiary/aromatic N) is 2. The lowest BCUT2D eigenvalue weighted by Crippen LogP contribution is -2.25. The summed E-state index contributed by atoms with van der Waals surface area (Å²) >= 11 is 0. The fraction of sp³-hybridized carbons (Fsp3) is 0.115. The maximum Gasteiger partial charge on any atom is 0.262 e. The van der Waals surface area contributed by atoms with Gasteiger partial charge in [-0.3, -0.25) is 9.59 Å². The predicted octanol–water partition coefficient (Wildman–Crippen LogP) is 4.74. The molecule has 1 aromatic heterocycles. The Morgan fingerprint density at radius 3 is 2.67 bits per heavy atom. The Kier molecular flexibility index (Phi) is 5.14. The van der Waals surface area contributed by atoms with Crippen molar-refractivity contribution in [3.8, 4) is 22.7 Å². The third kappa shape index (κ3) is 4.08. The summed E-state index contributed by atoms with van der Waals surface area (Å²) < 4.78 is 7.11. The van der Waals surface area contributed by atoms with Crippen molar-refractivity contribution in [1.29, 1.82) is 0 Å². The number of hydrogen-bond acceptors (Lipinski definition) is 4. The van der Waals surface area contributed by atoms with E-state index in [-0.39, 0.29) is 18.4 Å². The average Bonchev–Trinajstić information content (AvgIpc) is 3.25. The molecule has 0 bridgehead atoms. The number of para-hydroxylation sites is 1. The number of ether oxygens (including phenoxy) is 1. The Hall–Kier alpha value is -4.39. The highest BCUT2D eigenvalue weighted by Gasteiger charge is 2.21. The summed E-state index contributed by atoms with van der Waals surface area (Å²) in [7, 11) is 0. The molecule has 2 heterocycles. The van der Waals surface area contributed by atoms with Gasteiger partial charge in [-0.05, 0) is 49.7 Å². The van der Waals surface area contributed by atoms with E-state index < -0.39 is 0 Å². The zero-order valence-electron chi connectivity index (χ0n) is 18.3. The van der Waals surface area contributed by atoms with Crippen molar-refractivity contribution in [2.24, 2.45) is 0 Å². The maximum absolute atomic E-state index is 13.4. The molecular weight excluding hydrogens is 416 g/mol. The number of amides is 2. The SMILES string of the molecule is Cc1ccc(-c2nn(-c3ccccc3)cc2C(=O)Nc2ccc3c(c2)NC(=O)CO3)c(C)c1. The third-order valence-electron chi connectivity index (χ3n) is 5.49. The van der Waals surface area contributed by atoms with Crippen LogP contribution in [0.3, 0.4) is 0 Å². The summed E-state index contributed by atoms with van der Waals surface area (Å²) in [4.78, 5) is 25.0. The van der Waals surface area contributed by atoms with Crippen LogP contribution < -0.4 is 15.4 Å². The number of hydrogen-bond donors (Lipinski definition) is 2. The first-order valence-corrected chi connectivity index (χ1v) is 10.6. The second-order valence-electron chi connectivity index (χ2n) is 7.99. The zero-order chi connectivity index (χ0) is 22.9. The molecule has 0 unspecified atom stereocenters. The number of anilines is 2. The number of fused-ring (bicyclic) bond motifs is 1. The summed E-state index contributed by atoms with van der Waals surface area (Å²) in [5, 5.41) is 10.4. The number of aromatic nitrogens is 2. The number of carbonyl (C=O) groups is 2. The molecule has 33 heavy (non-hydrogen) atoms. The molecule has 0 saturated carbocycles. The Morgan fingerprint density at radius 1 is 1.06 bits per heavy atom. The lowest BCUT2D eigenvalue weighted by Gasteiger charge is -2.18. The molecule has 0 radical (unpaired) electrons. The Bertz CT molecular complexity index is 1380. The van der Waals surface area contributed by atoms with Gasteiger partial charge in [0.15, 0.2) is 6.61 Å². The molecule has 2 N–H and O–H groups in total. The smallest absolute Gasteiger partial charge is 0.262 e. The standard InChI is InChI=1S/C26H22N4O3/c1-16-8-10-20(17(2)12-16)25-21(14-30(29-25)19-6-4-3-5-7-19)26(32)27-18-9-11-23-22(13-18)28-24(31)15-33-23/h3-14H,15H2,1-2H3,(H,27,32)(H,28,31). The van der Waals surface area contributed by atoms with Crippen molar-refractivity contribution in [3.63, 3.8) is 0 Å². The molecule has 0 saturated heterocycles. The van der Waals surface area contributed by atoms with Gasteiger partial charge in [0, 0.05) is 17.4 Å². The summed E-state index contributed by atoms with van der Waals surface area (Å²) in [5.74, 6) is 0.0443. The van der Waals surface area contributed by atoms with Gasteiger partial charge in [0.25, 0.3) is 11.8 Å². The van der Waals surface area contributed by atoms with E-state index in [0.29, 0.717) is 28.4 Å². The highest BCUT2D eigenvalue weighted by molar-refractivity contribution is 6.08. The molecule has 3 aromatic carbocycles. The molecule has 164 valence electrons. The molecule has 0 spiro atoms. The molecule has 7 nitrogen and oxygen atoms in total. The van der Waals surface area contributed by atoms with Crippen LogP contribution in [0, 0.1) is 13.8 Å². The molecule has 1 aliphatic heterocycles. The fourth-order valence-corrected chi connectivity index (χ4v) is 3.89. The highest BCUT2D eigenvalue weighted by Crippen LogP contribution is 2.32. The van der Waals surface area contributed by atoms with Crippen molar-refractivity contribution in [1.82, 2.24) is 9.78 Å². The summed E-state index contributed by atoms with van der Waals surface area (Å²) in [6, 6.07) is 20.9. The summed E-state index contributed by atoms with van der Waals surface area (Å²) in [6.07, 6.45) is 1.74. The molecule has 4 aromatic rings. The second kappa shape index (κ2) is 8.27. The van der Waals surface area contributed by atoms with Gasteiger partial charge in [0.05, 0.1) is 16.9 Å². The second-order valence-corrected chi connectivity index (χ2v) is 7.99. The molecule has 2 amide bonds. The number of nitrogens with one attached hydrogen (secondary N) is 2. The topological polar surface area (TPSA) is 85.3 Å². The Morgan fingerprint density at radius 2 is 1.88 bits per heavy atom. The third-order valence-corrected chi connectivity index (χ3v) is 5.49. The van der Waals surface area contributed by atoms with Gasteiger partial charge in [0.2, 0.25) is 0 Å². The highest BCUT2D eigenvalue weighted by atomic mass is 16.5. The number of benzene rings is 3. The van der Waals surface area contributed by atoms with Crippen LogP contribution in [0.15, 0.2) is 72.9 Å². The van der Waals surface area contributed by atoms with E-state index in [1.807, 2.05) is 56.3 Å². The number of rotatable bonds is 4. The van der Waals surface area contributed by atoms with Gasteiger partial charge >= 0.3 is 0 Å². The van der Waals surface area contributed by atoms with E-state index in [9.17, 15) is 9.59 Å². The minimum absolute atomic E-state index is 0.0172. The summed E-state index contributed by atoms with van der Waals surface area (Å²) in [5.41, 5.74) is 6.05. The quantitative estimate of drug-likeness (QED) is 0.482. The number of carbonyl (C=O) groups excluding carboxylic acids is 2. The van der Waals surface area contributed by atoms with Crippen molar-refractivity contribution < 1.29 is 14.3 Å². The molecule has 7 heteroatoms. The van der Waals surface area contributed by atoms with Crippen LogP contribution in [0.5, 0.6) is 5.75 Å². The van der Waals surface area contributed by atoms with Gasteiger partial charge in [-0.2, -0.15) is 5.10 Å². The fourth-order valence-electron chi connectivity index (χ4n) is 3.89. The molecule has 5 rings (SSSR count). The average molecular weight is 438 g/mol. The predicted molar refractivity (Wildman–Crippen MR) is 127 cm³/mol. The first kappa shape index (κ1) is 20.5. The first-order valence-electron chi connectivity index (χ1n) is 10.6. The molecule has 1 aliphatic rings. The number of aryl methyl sites for hydroxylation is 2. The lowest BCUT2D eigenvalue weighted by molar-refractivity contribution is -0.118. The van der Waals surface area contributed by atoms with Crippen molar-refractivity contribution in [2.75, 3.05) is 17.2 Å². The van der Waals surface area contributed by atoms with Gasteiger partial charge in [0.1, 0.15) is 11.4 Å². The maximum atomic E-state index is 13.4.